The molecule has 1 unspecified atom stereocenters. The van der Waals surface area contributed by atoms with E-state index in [1.807, 2.05) is 6.92 Å². The van der Waals surface area contributed by atoms with Gasteiger partial charge in [-0.15, -0.1) is 11.3 Å². The van der Waals surface area contributed by atoms with Crippen molar-refractivity contribution in [1.29, 1.82) is 0 Å². The van der Waals surface area contributed by atoms with Gasteiger partial charge in [-0.05, 0) is 59.7 Å². The number of benzene rings is 1. The van der Waals surface area contributed by atoms with Gasteiger partial charge in [0.05, 0.1) is 12.0 Å². The molecule has 2 atom stereocenters. The molecule has 1 aliphatic heterocycles. The third-order valence-corrected chi connectivity index (χ3v) is 6.33. The second-order valence-corrected chi connectivity index (χ2v) is 8.01. The summed E-state index contributed by atoms with van der Waals surface area (Å²) in [4.78, 5) is 18.6. The van der Waals surface area contributed by atoms with Gasteiger partial charge in [0.1, 0.15) is 0 Å². The van der Waals surface area contributed by atoms with E-state index >= 15 is 0 Å². The van der Waals surface area contributed by atoms with Gasteiger partial charge in [-0.3, -0.25) is 9.69 Å². The van der Waals surface area contributed by atoms with Crippen LogP contribution in [0.3, 0.4) is 0 Å². The molecule has 4 rings (SSSR count). The second kappa shape index (κ2) is 5.88. The van der Waals surface area contributed by atoms with E-state index in [0.29, 0.717) is 5.96 Å². The second-order valence-electron chi connectivity index (χ2n) is 7.10. The van der Waals surface area contributed by atoms with Crippen LogP contribution in [-0.4, -0.2) is 29.9 Å². The fraction of sp³-hybridized carbons (Fsp3) is 0.474. The first-order chi connectivity index (χ1) is 11.5. The minimum Gasteiger partial charge on any atom is -0.369 e. The number of carbonyl (C=O) groups is 1. The molecule has 2 aliphatic rings. The molecule has 2 aromatic rings. The molecule has 4 nitrogen and oxygen atoms in total. The Bertz CT molecular complexity index is 821. The SMILES string of the molecule is C[C@@H]1N=C(N)N(C)C(=O)C1c1ccc2scc(CCC3CC3)c2c1. The predicted octanol–water partition coefficient (Wildman–Crippen LogP) is 3.50. The van der Waals surface area contributed by atoms with Gasteiger partial charge in [0.2, 0.25) is 5.91 Å². The summed E-state index contributed by atoms with van der Waals surface area (Å²) in [6, 6.07) is 6.31. The molecule has 1 aromatic heterocycles. The zero-order valence-corrected chi connectivity index (χ0v) is 15.0. The highest BCUT2D eigenvalue weighted by molar-refractivity contribution is 7.17. The lowest BCUT2D eigenvalue weighted by Crippen LogP contribution is -2.48. The molecule has 126 valence electrons. The van der Waals surface area contributed by atoms with Crippen LogP contribution in [0, 0.1) is 5.92 Å². The van der Waals surface area contributed by atoms with Gasteiger partial charge in [0.15, 0.2) is 5.96 Å². The number of aryl methyl sites for hydroxylation is 1. The van der Waals surface area contributed by atoms with Crippen LogP contribution in [0.1, 0.15) is 43.2 Å². The third-order valence-electron chi connectivity index (χ3n) is 5.31. The number of hydrogen-bond donors (Lipinski definition) is 1. The Hall–Kier alpha value is -1.88. The molecule has 0 radical (unpaired) electrons. The van der Waals surface area contributed by atoms with Crippen molar-refractivity contribution in [3.8, 4) is 0 Å². The van der Waals surface area contributed by atoms with Crippen LogP contribution in [0.5, 0.6) is 0 Å². The zero-order chi connectivity index (χ0) is 16.8. The van der Waals surface area contributed by atoms with E-state index in [-0.39, 0.29) is 17.9 Å². The van der Waals surface area contributed by atoms with Crippen LogP contribution < -0.4 is 5.73 Å². The molecular weight excluding hydrogens is 318 g/mol. The van der Waals surface area contributed by atoms with Gasteiger partial charge in [0, 0.05) is 11.7 Å². The van der Waals surface area contributed by atoms with E-state index in [9.17, 15) is 4.79 Å². The number of hydrogen-bond acceptors (Lipinski definition) is 4. The number of nitrogens with zero attached hydrogens (tertiary/aromatic N) is 2. The Morgan fingerprint density at radius 2 is 2.17 bits per heavy atom. The average molecular weight is 341 g/mol. The smallest absolute Gasteiger partial charge is 0.238 e. The summed E-state index contributed by atoms with van der Waals surface area (Å²) in [6.07, 6.45) is 5.23. The Morgan fingerprint density at radius 3 is 2.92 bits per heavy atom. The molecule has 0 saturated heterocycles. The van der Waals surface area contributed by atoms with Gasteiger partial charge >= 0.3 is 0 Å². The summed E-state index contributed by atoms with van der Waals surface area (Å²) in [7, 11) is 1.70. The lowest BCUT2D eigenvalue weighted by Gasteiger charge is -2.31. The molecule has 1 fully saturated rings. The maximum absolute atomic E-state index is 12.7. The van der Waals surface area contributed by atoms with Gasteiger partial charge < -0.3 is 5.73 Å². The minimum absolute atomic E-state index is 0.0316. The summed E-state index contributed by atoms with van der Waals surface area (Å²) >= 11 is 1.80. The van der Waals surface area contributed by atoms with E-state index < -0.39 is 0 Å². The summed E-state index contributed by atoms with van der Waals surface area (Å²) in [5.74, 6) is 1.03. The molecule has 2 N–H and O–H groups in total. The van der Waals surface area contributed by atoms with Crippen LogP contribution in [0.4, 0.5) is 0 Å². The topological polar surface area (TPSA) is 58.7 Å². The highest BCUT2D eigenvalue weighted by Crippen LogP contribution is 2.37. The Morgan fingerprint density at radius 1 is 1.38 bits per heavy atom. The number of fused-ring (bicyclic) bond motifs is 1. The van der Waals surface area contributed by atoms with Gasteiger partial charge in [-0.2, -0.15) is 0 Å². The molecule has 1 aliphatic carbocycles. The van der Waals surface area contributed by atoms with E-state index in [1.165, 1.54) is 39.8 Å². The van der Waals surface area contributed by atoms with Crippen molar-refractivity contribution in [3.05, 3.63) is 34.7 Å². The zero-order valence-electron chi connectivity index (χ0n) is 14.2. The quantitative estimate of drug-likeness (QED) is 0.925. The standard InChI is InChI=1S/C19H23N3OS/c1-11-17(18(23)22(2)19(20)21-11)13-7-8-16-15(9-13)14(10-24-16)6-5-12-3-4-12/h7-12,17H,3-6H2,1-2H3,(H2,20,21)/t11-,17?/m0/s1. The van der Waals surface area contributed by atoms with Crippen molar-refractivity contribution >= 4 is 33.3 Å². The summed E-state index contributed by atoms with van der Waals surface area (Å²) in [6.45, 7) is 1.97. The lowest BCUT2D eigenvalue weighted by atomic mass is 9.89. The molecule has 1 saturated carbocycles. The Labute approximate surface area is 146 Å². The predicted molar refractivity (Wildman–Crippen MR) is 99.5 cm³/mol. The largest absolute Gasteiger partial charge is 0.369 e. The molecule has 0 bridgehead atoms. The number of nitrogens with two attached hydrogens (primary N) is 1. The number of amides is 1. The normalized spacial score (nSPS) is 24.5. The highest BCUT2D eigenvalue weighted by Gasteiger charge is 2.35. The number of carbonyl (C=O) groups excluding carboxylic acids is 1. The van der Waals surface area contributed by atoms with E-state index in [4.69, 9.17) is 5.73 Å². The summed E-state index contributed by atoms with van der Waals surface area (Å²) < 4.78 is 1.30. The van der Waals surface area contributed by atoms with Crippen LogP contribution in [0.15, 0.2) is 28.6 Å². The van der Waals surface area contributed by atoms with E-state index in [1.54, 1.807) is 18.4 Å². The van der Waals surface area contributed by atoms with Crippen LogP contribution >= 0.6 is 11.3 Å². The first kappa shape index (κ1) is 15.6. The maximum Gasteiger partial charge on any atom is 0.238 e. The molecule has 24 heavy (non-hydrogen) atoms. The number of thiophene rings is 1. The summed E-state index contributed by atoms with van der Waals surface area (Å²) in [5.41, 5.74) is 8.31. The van der Waals surface area contributed by atoms with Crippen molar-refractivity contribution in [1.82, 2.24) is 4.90 Å². The van der Waals surface area contributed by atoms with Crippen molar-refractivity contribution in [2.24, 2.45) is 16.6 Å². The van der Waals surface area contributed by atoms with Crippen LogP contribution in [-0.2, 0) is 11.2 Å². The van der Waals surface area contributed by atoms with Crippen molar-refractivity contribution < 1.29 is 4.79 Å². The molecular formula is C19H23N3OS. The molecule has 5 heteroatoms. The third kappa shape index (κ3) is 2.71. The number of rotatable bonds is 4. The summed E-state index contributed by atoms with van der Waals surface area (Å²) in [5, 5.41) is 3.59. The first-order valence-corrected chi connectivity index (χ1v) is 9.53. The number of likely N-dealkylation sites (N-methyl/N-ethyl adjacent to an activating group) is 1. The first-order valence-electron chi connectivity index (χ1n) is 8.65. The fourth-order valence-electron chi connectivity index (χ4n) is 3.57. The van der Waals surface area contributed by atoms with Crippen molar-refractivity contribution in [3.63, 3.8) is 0 Å². The highest BCUT2D eigenvalue weighted by atomic mass is 32.1. The van der Waals surface area contributed by atoms with Gasteiger partial charge in [-0.25, -0.2) is 4.99 Å². The van der Waals surface area contributed by atoms with Crippen LogP contribution in [0.25, 0.3) is 10.1 Å². The number of aliphatic imine (C=N–C) groups is 1. The Balaban J connectivity index is 1.68. The molecule has 1 aromatic carbocycles. The average Bonchev–Trinajstić information content (AvgIpc) is 3.30. The monoisotopic (exact) mass is 341 g/mol. The van der Waals surface area contributed by atoms with E-state index in [2.05, 4.69) is 28.6 Å². The molecule has 1 amide bonds. The maximum atomic E-state index is 12.7. The molecule has 2 heterocycles. The molecule has 0 spiro atoms. The lowest BCUT2D eigenvalue weighted by molar-refractivity contribution is -0.129. The van der Waals surface area contributed by atoms with Crippen molar-refractivity contribution in [2.75, 3.05) is 7.05 Å². The Kier molecular flexibility index (Phi) is 3.83. The minimum atomic E-state index is -0.247. The fourth-order valence-corrected chi connectivity index (χ4v) is 4.55. The van der Waals surface area contributed by atoms with Gasteiger partial charge in [0.25, 0.3) is 0 Å². The number of guanidine groups is 1. The van der Waals surface area contributed by atoms with E-state index in [0.717, 1.165) is 17.9 Å². The van der Waals surface area contributed by atoms with Crippen LogP contribution in [0.2, 0.25) is 0 Å². The van der Waals surface area contributed by atoms with Crippen molar-refractivity contribution in [2.45, 2.75) is 44.6 Å². The van der Waals surface area contributed by atoms with Gasteiger partial charge in [-0.1, -0.05) is 18.9 Å².